The summed E-state index contributed by atoms with van der Waals surface area (Å²) in [6.45, 7) is 7.80. The second-order valence-corrected chi connectivity index (χ2v) is 13.1. The van der Waals surface area contributed by atoms with Crippen LogP contribution in [0.5, 0.6) is 0 Å². The molecule has 0 fully saturated rings. The number of fused-ring (bicyclic) bond motifs is 3. The number of nitrogens with zero attached hydrogens (tertiary/aromatic N) is 1. The highest BCUT2D eigenvalue weighted by Crippen LogP contribution is 2.44. The molecule has 0 aromatic heterocycles. The van der Waals surface area contributed by atoms with Crippen LogP contribution in [-0.2, 0) is 19.1 Å². The van der Waals surface area contributed by atoms with E-state index >= 15 is 0 Å². The predicted molar refractivity (Wildman–Crippen MR) is 175 cm³/mol. The molecule has 7 nitrogen and oxygen atoms in total. The number of unbranched alkanes of at least 4 members (excludes halogenated alkanes) is 11. The summed E-state index contributed by atoms with van der Waals surface area (Å²) in [5.74, 6) is -1.18. The van der Waals surface area contributed by atoms with E-state index in [4.69, 9.17) is 9.47 Å². The first kappa shape index (κ1) is 35.1. The SMILES string of the molecule is C[C@@H](C(=O)O)N(CCCCCCCCCCCCCCC(=O)OC(C)(C)C)C(=O)OCC1c2ccccc2-c2ccccc21. The summed E-state index contributed by atoms with van der Waals surface area (Å²) in [7, 11) is 0. The molecule has 1 amide bonds. The normalized spacial score (nSPS) is 13.2. The fourth-order valence-electron chi connectivity index (χ4n) is 5.97. The van der Waals surface area contributed by atoms with Crippen molar-refractivity contribution >= 4 is 18.0 Å². The lowest BCUT2D eigenvalue weighted by molar-refractivity contribution is -0.155. The van der Waals surface area contributed by atoms with E-state index in [9.17, 15) is 19.5 Å². The molecule has 1 N–H and O–H groups in total. The Labute approximate surface area is 264 Å². The maximum Gasteiger partial charge on any atom is 0.410 e. The van der Waals surface area contributed by atoms with Gasteiger partial charge in [-0.05, 0) is 62.8 Å². The Morgan fingerprint density at radius 2 is 1.20 bits per heavy atom. The summed E-state index contributed by atoms with van der Waals surface area (Å²) >= 11 is 0. The molecule has 0 radical (unpaired) electrons. The first-order chi connectivity index (χ1) is 21.1. The second-order valence-electron chi connectivity index (χ2n) is 13.1. The van der Waals surface area contributed by atoms with Crippen molar-refractivity contribution in [3.05, 3.63) is 59.7 Å². The molecule has 0 saturated carbocycles. The molecule has 0 aliphatic heterocycles. The van der Waals surface area contributed by atoms with E-state index in [0.717, 1.165) is 67.2 Å². The van der Waals surface area contributed by atoms with Gasteiger partial charge in [0, 0.05) is 18.9 Å². The van der Waals surface area contributed by atoms with Crippen LogP contribution < -0.4 is 0 Å². The monoisotopic (exact) mass is 607 g/mol. The van der Waals surface area contributed by atoms with Crippen molar-refractivity contribution in [2.75, 3.05) is 13.2 Å². The van der Waals surface area contributed by atoms with Crippen LogP contribution in [0.1, 0.15) is 128 Å². The number of hydrogen-bond acceptors (Lipinski definition) is 5. The Kier molecular flexibility index (Phi) is 14.2. The quantitative estimate of drug-likeness (QED) is 0.126. The molecular weight excluding hydrogens is 554 g/mol. The van der Waals surface area contributed by atoms with Crippen molar-refractivity contribution in [2.45, 2.75) is 129 Å². The summed E-state index contributed by atoms with van der Waals surface area (Å²) in [5.41, 5.74) is 4.19. The lowest BCUT2D eigenvalue weighted by Gasteiger charge is -2.26. The molecule has 1 atom stereocenters. The maximum atomic E-state index is 13.1. The highest BCUT2D eigenvalue weighted by molar-refractivity contribution is 5.81. The topological polar surface area (TPSA) is 93.1 Å². The number of amides is 1. The van der Waals surface area contributed by atoms with E-state index in [2.05, 4.69) is 24.3 Å². The lowest BCUT2D eigenvalue weighted by Crippen LogP contribution is -2.44. The Morgan fingerprint density at radius 1 is 0.750 bits per heavy atom. The molecular formula is C37H53NO6. The van der Waals surface area contributed by atoms with Crippen molar-refractivity contribution in [1.82, 2.24) is 4.90 Å². The first-order valence-corrected chi connectivity index (χ1v) is 16.6. The molecule has 0 saturated heterocycles. The van der Waals surface area contributed by atoms with Crippen LogP contribution in [0, 0.1) is 0 Å². The zero-order valence-corrected chi connectivity index (χ0v) is 27.3. The molecule has 0 heterocycles. The molecule has 2 aromatic rings. The predicted octanol–water partition coefficient (Wildman–Crippen LogP) is 9.12. The van der Waals surface area contributed by atoms with Gasteiger partial charge < -0.3 is 14.6 Å². The van der Waals surface area contributed by atoms with Crippen LogP contribution in [0.4, 0.5) is 4.79 Å². The fourth-order valence-corrected chi connectivity index (χ4v) is 5.97. The van der Waals surface area contributed by atoms with Crippen LogP contribution in [0.15, 0.2) is 48.5 Å². The van der Waals surface area contributed by atoms with Crippen LogP contribution >= 0.6 is 0 Å². The lowest BCUT2D eigenvalue weighted by atomic mass is 9.98. The third-order valence-corrected chi connectivity index (χ3v) is 8.35. The molecule has 3 rings (SSSR count). The van der Waals surface area contributed by atoms with Crippen LogP contribution in [0.2, 0.25) is 0 Å². The van der Waals surface area contributed by atoms with Crippen LogP contribution in [0.3, 0.4) is 0 Å². The number of benzene rings is 2. The maximum absolute atomic E-state index is 13.1. The van der Waals surface area contributed by atoms with E-state index in [0.29, 0.717) is 13.0 Å². The van der Waals surface area contributed by atoms with Gasteiger partial charge in [-0.15, -0.1) is 0 Å². The minimum absolute atomic E-state index is 0.0579. The van der Waals surface area contributed by atoms with Gasteiger partial charge in [-0.25, -0.2) is 9.59 Å². The number of carboxylic acids is 1. The Balaban J connectivity index is 1.28. The number of carbonyl (C=O) groups excluding carboxylic acids is 2. The number of carboxylic acid groups (broad SMARTS) is 1. The summed E-state index contributed by atoms with van der Waals surface area (Å²) < 4.78 is 11.1. The average molecular weight is 608 g/mol. The average Bonchev–Trinajstić information content (AvgIpc) is 3.30. The minimum atomic E-state index is -1.03. The molecule has 1 aliphatic rings. The van der Waals surface area contributed by atoms with E-state index in [1.165, 1.54) is 37.0 Å². The molecule has 0 bridgehead atoms. The van der Waals surface area contributed by atoms with Gasteiger partial charge in [-0.2, -0.15) is 0 Å². The number of ether oxygens (including phenoxy) is 2. The highest BCUT2D eigenvalue weighted by Gasteiger charge is 2.31. The van der Waals surface area contributed by atoms with Gasteiger partial charge in [0.1, 0.15) is 18.2 Å². The number of esters is 1. The molecule has 0 unspecified atom stereocenters. The fraction of sp³-hybridized carbons (Fsp3) is 0.595. The number of hydrogen-bond donors (Lipinski definition) is 1. The van der Waals surface area contributed by atoms with E-state index in [-0.39, 0.29) is 18.5 Å². The van der Waals surface area contributed by atoms with Gasteiger partial charge >= 0.3 is 18.0 Å². The molecule has 242 valence electrons. The minimum Gasteiger partial charge on any atom is -0.480 e. The van der Waals surface area contributed by atoms with Crippen molar-refractivity contribution in [3.8, 4) is 11.1 Å². The van der Waals surface area contributed by atoms with E-state index in [1.807, 2.05) is 45.0 Å². The molecule has 44 heavy (non-hydrogen) atoms. The van der Waals surface area contributed by atoms with E-state index in [1.54, 1.807) is 6.92 Å². The van der Waals surface area contributed by atoms with Gasteiger partial charge in [-0.3, -0.25) is 9.69 Å². The number of rotatable bonds is 19. The summed E-state index contributed by atoms with van der Waals surface area (Å²) in [4.78, 5) is 38.0. The van der Waals surface area contributed by atoms with Crippen molar-refractivity contribution in [1.29, 1.82) is 0 Å². The zero-order valence-electron chi connectivity index (χ0n) is 27.3. The smallest absolute Gasteiger partial charge is 0.410 e. The van der Waals surface area contributed by atoms with Crippen LogP contribution in [0.25, 0.3) is 11.1 Å². The van der Waals surface area contributed by atoms with Crippen molar-refractivity contribution < 1.29 is 29.0 Å². The molecule has 0 spiro atoms. The molecule has 7 heteroatoms. The van der Waals surface area contributed by atoms with Gasteiger partial charge in [0.15, 0.2) is 0 Å². The highest BCUT2D eigenvalue weighted by atomic mass is 16.6. The third kappa shape index (κ3) is 11.3. The zero-order chi connectivity index (χ0) is 32.0. The van der Waals surface area contributed by atoms with Gasteiger partial charge in [0.25, 0.3) is 0 Å². The largest absolute Gasteiger partial charge is 0.480 e. The standard InChI is InChI=1S/C37H53NO6/c1-28(35(40)41)38(36(42)43-27-33-31-23-18-16-21-29(31)30-22-17-19-24-32(30)33)26-20-14-12-10-8-6-5-7-9-11-13-15-25-34(39)44-37(2,3)4/h16-19,21-24,28,33H,5-15,20,25-27H2,1-4H3,(H,40,41)/t28-/m0/s1. The number of aliphatic carboxylic acids is 1. The summed E-state index contributed by atoms with van der Waals surface area (Å²) in [5, 5.41) is 9.64. The molecule has 1 aliphatic carbocycles. The number of carbonyl (C=O) groups is 3. The van der Waals surface area contributed by atoms with Crippen molar-refractivity contribution in [3.63, 3.8) is 0 Å². The van der Waals surface area contributed by atoms with Crippen LogP contribution in [-0.4, -0.2) is 52.8 Å². The van der Waals surface area contributed by atoms with Gasteiger partial charge in [0.05, 0.1) is 0 Å². The Hall–Kier alpha value is -3.35. The Morgan fingerprint density at radius 3 is 1.68 bits per heavy atom. The molecule has 2 aromatic carbocycles. The Bertz CT molecular complexity index is 1160. The van der Waals surface area contributed by atoms with Crippen molar-refractivity contribution in [2.24, 2.45) is 0 Å². The van der Waals surface area contributed by atoms with Gasteiger partial charge in [-0.1, -0.05) is 113 Å². The summed E-state index contributed by atoms with van der Waals surface area (Å²) in [6.07, 6.45) is 13.1. The van der Waals surface area contributed by atoms with Gasteiger partial charge in [0.2, 0.25) is 0 Å². The first-order valence-electron chi connectivity index (χ1n) is 16.6. The second kappa shape index (κ2) is 17.8. The van der Waals surface area contributed by atoms with E-state index < -0.39 is 23.7 Å². The summed E-state index contributed by atoms with van der Waals surface area (Å²) in [6, 6.07) is 15.4. The third-order valence-electron chi connectivity index (χ3n) is 8.35.